The molecule has 0 amide bonds. The molecule has 0 spiro atoms. The lowest BCUT2D eigenvalue weighted by molar-refractivity contribution is -0.136. The molecule has 0 aliphatic carbocycles. The van der Waals surface area contributed by atoms with Crippen molar-refractivity contribution in [1.29, 1.82) is 0 Å². The van der Waals surface area contributed by atoms with E-state index in [9.17, 15) is 13.2 Å². The molecule has 1 aromatic rings. The Morgan fingerprint density at radius 1 is 1.50 bits per heavy atom. The molecule has 1 heterocycles. The van der Waals surface area contributed by atoms with Crippen LogP contribution >= 0.6 is 11.3 Å². The Bertz CT molecular complexity index is 504. The predicted molar refractivity (Wildman–Crippen MR) is 67.1 cm³/mol. The predicted octanol–water partition coefficient (Wildman–Crippen LogP) is 0.424. The number of carbonyl (C=O) groups is 1. The Labute approximate surface area is 109 Å². The molecule has 0 aromatic carbocycles. The van der Waals surface area contributed by atoms with E-state index in [0.717, 1.165) is 11.3 Å². The Morgan fingerprint density at radius 2 is 2.17 bits per heavy atom. The number of aliphatic carboxylic acids is 1. The lowest BCUT2D eigenvalue weighted by atomic mass is 10.3. The summed E-state index contributed by atoms with van der Waals surface area (Å²) in [4.78, 5) is 11.0. The van der Waals surface area contributed by atoms with E-state index >= 15 is 0 Å². The van der Waals surface area contributed by atoms with Crippen molar-refractivity contribution in [1.82, 2.24) is 4.72 Å². The van der Waals surface area contributed by atoms with Gasteiger partial charge < -0.3 is 10.2 Å². The average Bonchev–Trinajstić information content (AvgIpc) is 2.74. The van der Waals surface area contributed by atoms with Gasteiger partial charge in [0.1, 0.15) is 4.21 Å². The third-order valence-corrected chi connectivity index (χ3v) is 5.36. The van der Waals surface area contributed by atoms with Crippen molar-refractivity contribution < 1.29 is 23.4 Å². The van der Waals surface area contributed by atoms with Crippen molar-refractivity contribution in [3.63, 3.8) is 0 Å². The number of carboxylic acids is 1. The maximum absolute atomic E-state index is 11.9. The van der Waals surface area contributed by atoms with E-state index in [1.54, 1.807) is 6.92 Å². The summed E-state index contributed by atoms with van der Waals surface area (Å²) in [7, 11) is -3.68. The van der Waals surface area contributed by atoms with Gasteiger partial charge >= 0.3 is 5.97 Å². The van der Waals surface area contributed by atoms with Gasteiger partial charge in [-0.05, 0) is 18.6 Å². The molecule has 3 N–H and O–H groups in total. The molecule has 0 saturated heterocycles. The average molecular weight is 293 g/mol. The van der Waals surface area contributed by atoms with Crippen LogP contribution < -0.4 is 4.72 Å². The minimum absolute atomic E-state index is 0.0608. The van der Waals surface area contributed by atoms with Gasteiger partial charge in [0.05, 0.1) is 13.0 Å². The third kappa shape index (κ3) is 4.05. The quantitative estimate of drug-likeness (QED) is 0.676. The number of hydrogen-bond donors (Lipinski definition) is 3. The number of carboxylic acid groups (broad SMARTS) is 1. The van der Waals surface area contributed by atoms with E-state index in [1.165, 1.54) is 12.1 Å². The molecule has 0 radical (unpaired) electrons. The second-order valence-corrected chi connectivity index (χ2v) is 6.81. The largest absolute Gasteiger partial charge is 0.481 e. The number of aliphatic hydroxyl groups is 1. The fourth-order valence-corrected chi connectivity index (χ4v) is 3.95. The van der Waals surface area contributed by atoms with Crippen LogP contribution in [-0.4, -0.2) is 37.2 Å². The Balaban J connectivity index is 2.85. The summed E-state index contributed by atoms with van der Waals surface area (Å²) < 4.78 is 26.2. The van der Waals surface area contributed by atoms with Crippen molar-refractivity contribution in [3.8, 4) is 0 Å². The van der Waals surface area contributed by atoms with Crippen LogP contribution in [0.4, 0.5) is 0 Å². The highest BCUT2D eigenvalue weighted by Gasteiger charge is 2.20. The van der Waals surface area contributed by atoms with E-state index < -0.39 is 22.0 Å². The number of aliphatic hydroxyl groups excluding tert-OH is 1. The first-order chi connectivity index (χ1) is 8.39. The maximum Gasteiger partial charge on any atom is 0.308 e. The fourth-order valence-electron chi connectivity index (χ4n) is 1.27. The van der Waals surface area contributed by atoms with Crippen LogP contribution in [0.25, 0.3) is 0 Å². The highest BCUT2D eigenvalue weighted by atomic mass is 32.2. The maximum atomic E-state index is 11.9. The number of sulfonamides is 1. The van der Waals surface area contributed by atoms with E-state index in [2.05, 4.69) is 4.72 Å². The van der Waals surface area contributed by atoms with Gasteiger partial charge in [0.15, 0.2) is 0 Å². The smallest absolute Gasteiger partial charge is 0.308 e. The second kappa shape index (κ2) is 6.28. The second-order valence-electron chi connectivity index (χ2n) is 3.70. The van der Waals surface area contributed by atoms with Gasteiger partial charge in [0, 0.05) is 10.9 Å². The molecule has 0 aliphatic rings. The van der Waals surface area contributed by atoms with Crippen molar-refractivity contribution in [2.24, 2.45) is 0 Å². The first kappa shape index (κ1) is 15.1. The summed E-state index contributed by atoms with van der Waals surface area (Å²) in [5.74, 6) is -1.00. The molecular formula is C10H15NO5S2. The van der Waals surface area contributed by atoms with E-state index in [0.29, 0.717) is 11.3 Å². The monoisotopic (exact) mass is 293 g/mol. The van der Waals surface area contributed by atoms with Crippen molar-refractivity contribution >= 4 is 27.3 Å². The van der Waals surface area contributed by atoms with E-state index in [-0.39, 0.29) is 17.2 Å². The molecule has 0 bridgehead atoms. The molecule has 1 aromatic heterocycles. The summed E-state index contributed by atoms with van der Waals surface area (Å²) in [5, 5.41) is 17.6. The molecule has 1 atom stereocenters. The first-order valence-electron chi connectivity index (χ1n) is 5.32. The minimum atomic E-state index is -3.68. The van der Waals surface area contributed by atoms with Gasteiger partial charge in [-0.15, -0.1) is 11.3 Å². The number of nitrogens with one attached hydrogen (secondary N) is 1. The number of hydrogen-bond acceptors (Lipinski definition) is 5. The van der Waals surface area contributed by atoms with Crippen LogP contribution in [0.1, 0.15) is 18.2 Å². The van der Waals surface area contributed by atoms with Crippen molar-refractivity contribution in [2.75, 3.05) is 6.61 Å². The summed E-state index contributed by atoms with van der Waals surface area (Å²) in [6.45, 7) is 1.48. The Kier molecular flexibility index (Phi) is 5.27. The Morgan fingerprint density at radius 3 is 2.67 bits per heavy atom. The third-order valence-electron chi connectivity index (χ3n) is 2.26. The van der Waals surface area contributed by atoms with Crippen LogP contribution in [0.5, 0.6) is 0 Å². The van der Waals surface area contributed by atoms with Gasteiger partial charge in [0.2, 0.25) is 10.0 Å². The fraction of sp³-hybridized carbons (Fsp3) is 0.500. The number of thiophene rings is 1. The van der Waals surface area contributed by atoms with Crippen LogP contribution in [0.2, 0.25) is 0 Å². The molecule has 8 heteroatoms. The lowest BCUT2D eigenvalue weighted by Gasteiger charge is -2.12. The molecule has 18 heavy (non-hydrogen) atoms. The van der Waals surface area contributed by atoms with Crippen LogP contribution in [0, 0.1) is 0 Å². The minimum Gasteiger partial charge on any atom is -0.481 e. The zero-order valence-corrected chi connectivity index (χ0v) is 11.4. The van der Waals surface area contributed by atoms with Gasteiger partial charge in [-0.1, -0.05) is 6.92 Å². The zero-order chi connectivity index (χ0) is 13.8. The topological polar surface area (TPSA) is 104 Å². The molecule has 102 valence electrons. The molecule has 0 aliphatic heterocycles. The van der Waals surface area contributed by atoms with Gasteiger partial charge in [-0.25, -0.2) is 13.1 Å². The molecule has 1 unspecified atom stereocenters. The first-order valence-corrected chi connectivity index (χ1v) is 7.62. The molecule has 0 saturated carbocycles. The summed E-state index contributed by atoms with van der Waals surface area (Å²) in [6.07, 6.45) is 0.278. The van der Waals surface area contributed by atoms with Crippen LogP contribution in [0.3, 0.4) is 0 Å². The SMILES string of the molecule is CCC(CO)NS(=O)(=O)c1ccc(CC(=O)O)s1. The Hall–Kier alpha value is -0.960. The number of rotatable bonds is 7. The standard InChI is InChI=1S/C10H15NO5S2/c1-2-7(6-12)11-18(15,16)10-4-3-8(17-10)5-9(13)14/h3-4,7,11-12H,2,5-6H2,1H3,(H,13,14). The summed E-state index contributed by atoms with van der Waals surface area (Å²) >= 11 is 0.918. The van der Waals surface area contributed by atoms with Crippen LogP contribution in [0.15, 0.2) is 16.3 Å². The van der Waals surface area contributed by atoms with Gasteiger partial charge in [-0.2, -0.15) is 0 Å². The molecule has 6 nitrogen and oxygen atoms in total. The normalized spacial score (nSPS) is 13.4. The van der Waals surface area contributed by atoms with Crippen molar-refractivity contribution in [3.05, 3.63) is 17.0 Å². The van der Waals surface area contributed by atoms with E-state index in [4.69, 9.17) is 10.2 Å². The zero-order valence-electron chi connectivity index (χ0n) is 9.79. The van der Waals surface area contributed by atoms with Crippen molar-refractivity contribution in [2.45, 2.75) is 30.0 Å². The summed E-state index contributed by atoms with van der Waals surface area (Å²) in [6, 6.07) is 2.32. The van der Waals surface area contributed by atoms with Crippen LogP contribution in [-0.2, 0) is 21.2 Å². The molecular weight excluding hydrogens is 278 g/mol. The highest BCUT2D eigenvalue weighted by molar-refractivity contribution is 7.91. The molecule has 0 fully saturated rings. The lowest BCUT2D eigenvalue weighted by Crippen LogP contribution is -2.36. The highest BCUT2D eigenvalue weighted by Crippen LogP contribution is 2.22. The van der Waals surface area contributed by atoms with Gasteiger partial charge in [-0.3, -0.25) is 4.79 Å². The van der Waals surface area contributed by atoms with Gasteiger partial charge in [0.25, 0.3) is 0 Å². The summed E-state index contributed by atoms with van der Waals surface area (Å²) in [5.41, 5.74) is 0. The molecule has 1 rings (SSSR count). The van der Waals surface area contributed by atoms with E-state index in [1.807, 2.05) is 0 Å².